The molecule has 1 aromatic carbocycles. The summed E-state index contributed by atoms with van der Waals surface area (Å²) < 4.78 is 53.8. The molecular weight excluding hydrogens is 522 g/mol. The molecule has 0 bridgehead atoms. The van der Waals surface area contributed by atoms with E-state index in [-0.39, 0.29) is 29.5 Å². The zero-order valence-corrected chi connectivity index (χ0v) is 22.7. The summed E-state index contributed by atoms with van der Waals surface area (Å²) in [5, 5.41) is 4.42. The summed E-state index contributed by atoms with van der Waals surface area (Å²) in [7, 11) is 0. The van der Waals surface area contributed by atoms with E-state index in [0.717, 1.165) is 54.0 Å². The van der Waals surface area contributed by atoms with Gasteiger partial charge in [0.25, 0.3) is 5.56 Å². The topological polar surface area (TPSA) is 73.6 Å². The van der Waals surface area contributed by atoms with Crippen molar-refractivity contribution < 1.29 is 17.6 Å². The Bertz CT molecular complexity index is 1510. The smallest absolute Gasteiger partial charge is 0.267 e. The predicted molar refractivity (Wildman–Crippen MR) is 144 cm³/mol. The summed E-state index contributed by atoms with van der Waals surface area (Å²) in [5.74, 6) is 0.441. The largest absolute Gasteiger partial charge is 0.418 e. The van der Waals surface area contributed by atoms with E-state index in [1.807, 2.05) is 19.9 Å². The molecule has 6 nitrogen and oxygen atoms in total. The van der Waals surface area contributed by atoms with Crippen molar-refractivity contribution in [3.8, 4) is 11.4 Å². The number of rotatable bonds is 4. The van der Waals surface area contributed by atoms with Crippen molar-refractivity contribution in [2.75, 3.05) is 0 Å². The number of hydrogen-bond acceptors (Lipinski definition) is 5. The van der Waals surface area contributed by atoms with Gasteiger partial charge in [-0.15, -0.1) is 0 Å². The summed E-state index contributed by atoms with van der Waals surface area (Å²) in [6, 6.07) is 10.5. The molecule has 5 rings (SSSR count). The van der Waals surface area contributed by atoms with Crippen molar-refractivity contribution in [3.63, 3.8) is 0 Å². The fraction of sp³-hybridized carbons (Fsp3) is 0.367. The van der Waals surface area contributed by atoms with Crippen LogP contribution in [0.4, 0.5) is 17.6 Å². The molecule has 0 radical (unpaired) electrons. The van der Waals surface area contributed by atoms with Gasteiger partial charge in [0.15, 0.2) is 0 Å². The van der Waals surface area contributed by atoms with Crippen molar-refractivity contribution >= 4 is 0 Å². The van der Waals surface area contributed by atoms with Crippen LogP contribution in [0.15, 0.2) is 59.7 Å². The number of aryl methyl sites for hydroxylation is 3. The van der Waals surface area contributed by atoms with Gasteiger partial charge >= 0.3 is 6.18 Å². The van der Waals surface area contributed by atoms with Gasteiger partial charge in [-0.1, -0.05) is 31.4 Å². The average molecular weight is 554 g/mol. The predicted octanol–water partition coefficient (Wildman–Crippen LogP) is 6.96. The van der Waals surface area contributed by atoms with Crippen molar-refractivity contribution in [1.82, 2.24) is 24.7 Å². The first-order valence-corrected chi connectivity index (χ1v) is 13.2. The van der Waals surface area contributed by atoms with Crippen molar-refractivity contribution in [2.24, 2.45) is 0 Å². The Morgan fingerprint density at radius 1 is 0.975 bits per heavy atom. The van der Waals surface area contributed by atoms with Crippen molar-refractivity contribution in [2.45, 2.75) is 71.5 Å². The molecule has 0 unspecified atom stereocenters. The van der Waals surface area contributed by atoms with Crippen LogP contribution in [0.25, 0.3) is 11.4 Å². The lowest BCUT2D eigenvalue weighted by Gasteiger charge is -2.23. The van der Waals surface area contributed by atoms with Gasteiger partial charge in [0.1, 0.15) is 17.3 Å². The first-order chi connectivity index (χ1) is 19.0. The fourth-order valence-electron chi connectivity index (χ4n) is 4.85. The lowest BCUT2D eigenvalue weighted by Crippen LogP contribution is -2.30. The second-order valence-corrected chi connectivity index (χ2v) is 10.0. The van der Waals surface area contributed by atoms with E-state index < -0.39 is 11.7 Å². The third kappa shape index (κ3) is 7.16. The van der Waals surface area contributed by atoms with Crippen LogP contribution in [-0.4, -0.2) is 24.7 Å². The first-order valence-electron chi connectivity index (χ1n) is 13.2. The van der Waals surface area contributed by atoms with Crippen LogP contribution in [0, 0.1) is 26.6 Å². The molecule has 40 heavy (non-hydrogen) atoms. The van der Waals surface area contributed by atoms with Crippen LogP contribution in [-0.2, 0) is 12.7 Å². The number of hydrogen-bond donors (Lipinski definition) is 0. The van der Waals surface area contributed by atoms with Crippen LogP contribution in [0.3, 0.4) is 0 Å². The Morgan fingerprint density at radius 3 is 2.38 bits per heavy atom. The van der Waals surface area contributed by atoms with Gasteiger partial charge in [-0.3, -0.25) is 9.78 Å². The Kier molecular flexibility index (Phi) is 9.07. The molecule has 0 amide bonds. The van der Waals surface area contributed by atoms with Gasteiger partial charge in [0.2, 0.25) is 0 Å². The van der Waals surface area contributed by atoms with E-state index in [0.29, 0.717) is 22.8 Å². The molecule has 0 spiro atoms. The maximum absolute atomic E-state index is 13.5. The third-order valence-electron chi connectivity index (χ3n) is 6.86. The number of pyridine rings is 1. The van der Waals surface area contributed by atoms with Crippen LogP contribution in [0.1, 0.15) is 71.8 Å². The van der Waals surface area contributed by atoms with E-state index in [9.17, 15) is 22.4 Å². The number of benzene rings is 1. The van der Waals surface area contributed by atoms with E-state index in [4.69, 9.17) is 0 Å². The molecule has 3 heterocycles. The molecule has 10 heteroatoms. The summed E-state index contributed by atoms with van der Waals surface area (Å²) >= 11 is 0. The molecule has 4 aromatic rings. The lowest BCUT2D eigenvalue weighted by molar-refractivity contribution is -0.138. The number of nitrogens with zero attached hydrogens (tertiary/aromatic N) is 5. The highest BCUT2D eigenvalue weighted by molar-refractivity contribution is 5.58. The van der Waals surface area contributed by atoms with Crippen molar-refractivity contribution in [3.05, 3.63) is 105 Å². The maximum atomic E-state index is 13.5. The molecule has 0 N–H and O–H groups in total. The molecule has 1 saturated carbocycles. The maximum Gasteiger partial charge on any atom is 0.418 e. The molecule has 1 aliphatic carbocycles. The highest BCUT2D eigenvalue weighted by Gasteiger charge is 2.34. The average Bonchev–Trinajstić information content (AvgIpc) is 2.92. The van der Waals surface area contributed by atoms with Crippen molar-refractivity contribution in [1.29, 1.82) is 0 Å². The van der Waals surface area contributed by atoms with Crippen LogP contribution in [0.2, 0.25) is 0 Å². The van der Waals surface area contributed by atoms with E-state index in [1.165, 1.54) is 24.4 Å². The fourth-order valence-corrected chi connectivity index (χ4v) is 4.85. The number of halogens is 4. The highest BCUT2D eigenvalue weighted by Crippen LogP contribution is 2.33. The molecule has 1 fully saturated rings. The zero-order chi connectivity index (χ0) is 28.9. The minimum absolute atomic E-state index is 0.0540. The first kappa shape index (κ1) is 29.0. The van der Waals surface area contributed by atoms with Crippen LogP contribution in [0.5, 0.6) is 0 Å². The molecule has 0 aliphatic heterocycles. The minimum atomic E-state index is -4.57. The molecule has 1 aliphatic rings. The molecule has 0 atom stereocenters. The van der Waals surface area contributed by atoms with Gasteiger partial charge in [-0.2, -0.15) is 18.3 Å². The van der Waals surface area contributed by atoms with E-state index in [1.54, 1.807) is 25.3 Å². The summed E-state index contributed by atoms with van der Waals surface area (Å²) in [5.41, 5.74) is 1.86. The lowest BCUT2D eigenvalue weighted by atomic mass is 9.84. The minimum Gasteiger partial charge on any atom is -0.267 e. The standard InChI is InChI=1S/C23H24F3N5O.C7H7F/c1-14-12-28-15(2)29-21(14)19-11-17(16-7-4-3-5-8-16)22(32)31(30-19)13-20-18(23(24,25)26)9-6-10-27-20;1-6-3-2-4-7(8)5-6/h6,9-12,16H,3-5,7-8,13H2,1-2H3;2-5H,1H3. The van der Waals surface area contributed by atoms with Gasteiger partial charge in [-0.25, -0.2) is 19.0 Å². The van der Waals surface area contributed by atoms with Crippen LogP contribution < -0.4 is 5.56 Å². The molecule has 3 aromatic heterocycles. The van der Waals surface area contributed by atoms with Gasteiger partial charge in [-0.05, 0) is 81.0 Å². The Hall–Kier alpha value is -3.95. The second kappa shape index (κ2) is 12.5. The van der Waals surface area contributed by atoms with E-state index >= 15 is 0 Å². The monoisotopic (exact) mass is 553 g/mol. The SMILES string of the molecule is Cc1cccc(F)c1.Cc1ncc(C)c(-c2cc(C3CCCCC3)c(=O)n(Cc3ncccc3C(F)(F)F)n2)n1. The normalized spacial score (nSPS) is 14.0. The summed E-state index contributed by atoms with van der Waals surface area (Å²) in [6.45, 7) is 5.09. The Morgan fingerprint density at radius 2 is 1.73 bits per heavy atom. The molecule has 0 saturated heterocycles. The third-order valence-corrected chi connectivity index (χ3v) is 6.86. The highest BCUT2D eigenvalue weighted by atomic mass is 19.4. The summed E-state index contributed by atoms with van der Waals surface area (Å²) in [4.78, 5) is 25.9. The van der Waals surface area contributed by atoms with Gasteiger partial charge < -0.3 is 0 Å². The molecule has 210 valence electrons. The Labute approximate surface area is 230 Å². The van der Waals surface area contributed by atoms with E-state index in [2.05, 4.69) is 20.1 Å². The second-order valence-electron chi connectivity index (χ2n) is 10.0. The van der Waals surface area contributed by atoms with Gasteiger partial charge in [0.05, 0.1) is 23.5 Å². The number of aromatic nitrogens is 5. The molecular formula is C30H31F4N5O. The summed E-state index contributed by atoms with van der Waals surface area (Å²) in [6.07, 6.45) is 3.30. The number of alkyl halides is 3. The van der Waals surface area contributed by atoms with Gasteiger partial charge in [0, 0.05) is 18.0 Å². The van der Waals surface area contributed by atoms with Crippen LogP contribution >= 0.6 is 0 Å². The quantitative estimate of drug-likeness (QED) is 0.256. The Balaban J connectivity index is 0.000000398. The zero-order valence-electron chi connectivity index (χ0n) is 22.7.